The lowest BCUT2D eigenvalue weighted by Crippen LogP contribution is -2.22. The van der Waals surface area contributed by atoms with Crippen LogP contribution >= 0.6 is 34.3 Å². The second-order valence-electron chi connectivity index (χ2n) is 5.40. The second-order valence-corrected chi connectivity index (χ2v) is 7.80. The van der Waals surface area contributed by atoms with E-state index in [1.54, 1.807) is 5.56 Å². The maximum absolute atomic E-state index is 6.28. The zero-order valence-electron chi connectivity index (χ0n) is 11.5. The Morgan fingerprint density at radius 1 is 1.15 bits per heavy atom. The monoisotopic (exact) mass is 318 g/mol. The molecule has 20 heavy (non-hydrogen) atoms. The standard InChI is InChI=1S/C17H15ClS2/c1-3-17(4-2)12-9-10(18)5-6-11(12)15-14(17)16-13(20-15)7-8-19-16/h5-9H,3-4H2,1-2H3. The number of benzene rings is 1. The van der Waals surface area contributed by atoms with Crippen LogP contribution in [0.2, 0.25) is 5.02 Å². The van der Waals surface area contributed by atoms with Crippen LogP contribution in [0.4, 0.5) is 0 Å². The van der Waals surface area contributed by atoms with E-state index in [9.17, 15) is 0 Å². The average Bonchev–Trinajstić information content (AvgIpc) is 3.08. The van der Waals surface area contributed by atoms with Gasteiger partial charge in [0, 0.05) is 24.7 Å². The number of hydrogen-bond donors (Lipinski definition) is 0. The van der Waals surface area contributed by atoms with Gasteiger partial charge >= 0.3 is 0 Å². The SMILES string of the molecule is CCC1(CC)c2cc(Cl)ccc2-c2sc3ccsc3c21. The molecule has 4 rings (SSSR count). The molecule has 0 aliphatic heterocycles. The molecule has 2 aromatic heterocycles. The van der Waals surface area contributed by atoms with Crippen molar-refractivity contribution in [2.45, 2.75) is 32.1 Å². The third-order valence-corrected chi connectivity index (χ3v) is 7.21. The first kappa shape index (κ1) is 12.9. The van der Waals surface area contributed by atoms with Gasteiger partial charge in [0.25, 0.3) is 0 Å². The minimum atomic E-state index is 0.151. The normalized spacial score (nSPS) is 15.6. The molecule has 1 aliphatic carbocycles. The Labute approximate surface area is 132 Å². The third-order valence-electron chi connectivity index (χ3n) is 4.72. The molecule has 0 spiro atoms. The molecule has 0 saturated carbocycles. The largest absolute Gasteiger partial charge is 0.143 e. The highest BCUT2D eigenvalue weighted by molar-refractivity contribution is 7.29. The molecule has 0 nitrogen and oxygen atoms in total. The van der Waals surface area contributed by atoms with Gasteiger partial charge < -0.3 is 0 Å². The van der Waals surface area contributed by atoms with Crippen LogP contribution in [0.25, 0.3) is 19.8 Å². The summed E-state index contributed by atoms with van der Waals surface area (Å²) in [6.45, 7) is 4.61. The van der Waals surface area contributed by atoms with Crippen LogP contribution in [0.5, 0.6) is 0 Å². The summed E-state index contributed by atoms with van der Waals surface area (Å²) >= 11 is 10.1. The summed E-state index contributed by atoms with van der Waals surface area (Å²) in [6, 6.07) is 8.69. The van der Waals surface area contributed by atoms with Gasteiger partial charge in [0.1, 0.15) is 0 Å². The summed E-state index contributed by atoms with van der Waals surface area (Å²) in [5.74, 6) is 0. The Morgan fingerprint density at radius 3 is 2.70 bits per heavy atom. The summed E-state index contributed by atoms with van der Waals surface area (Å²) < 4.78 is 2.92. The Bertz CT molecular complexity index is 806. The lowest BCUT2D eigenvalue weighted by atomic mass is 9.74. The molecule has 0 atom stereocenters. The van der Waals surface area contributed by atoms with Gasteiger partial charge in [0.15, 0.2) is 0 Å². The van der Waals surface area contributed by atoms with Gasteiger partial charge in [0.2, 0.25) is 0 Å². The van der Waals surface area contributed by atoms with Crippen molar-refractivity contribution < 1.29 is 0 Å². The molecular formula is C17H15ClS2. The van der Waals surface area contributed by atoms with E-state index in [2.05, 4.69) is 37.4 Å². The van der Waals surface area contributed by atoms with Gasteiger partial charge in [-0.2, -0.15) is 0 Å². The van der Waals surface area contributed by atoms with E-state index in [0.29, 0.717) is 0 Å². The molecule has 2 heterocycles. The van der Waals surface area contributed by atoms with E-state index in [-0.39, 0.29) is 5.41 Å². The lowest BCUT2D eigenvalue weighted by Gasteiger charge is -2.29. The first-order valence-electron chi connectivity index (χ1n) is 7.02. The highest BCUT2D eigenvalue weighted by Crippen LogP contribution is 2.59. The van der Waals surface area contributed by atoms with Crippen molar-refractivity contribution in [3.8, 4) is 10.4 Å². The summed E-state index contributed by atoms with van der Waals surface area (Å²) in [4.78, 5) is 1.47. The summed E-state index contributed by atoms with van der Waals surface area (Å²) in [6.07, 6.45) is 2.27. The molecule has 1 aromatic carbocycles. The molecule has 0 bridgehead atoms. The molecule has 102 valence electrons. The van der Waals surface area contributed by atoms with Gasteiger partial charge in [-0.1, -0.05) is 31.5 Å². The average molecular weight is 319 g/mol. The number of thiophene rings is 2. The molecule has 0 N–H and O–H groups in total. The molecular weight excluding hydrogens is 304 g/mol. The number of fused-ring (bicyclic) bond motifs is 5. The Morgan fingerprint density at radius 2 is 1.95 bits per heavy atom. The zero-order valence-corrected chi connectivity index (χ0v) is 13.9. The van der Waals surface area contributed by atoms with E-state index >= 15 is 0 Å². The van der Waals surface area contributed by atoms with Crippen LogP contribution in [-0.2, 0) is 5.41 Å². The molecule has 0 radical (unpaired) electrons. The predicted octanol–water partition coefficient (Wildman–Crippen LogP) is 6.70. The number of halogens is 1. The van der Waals surface area contributed by atoms with Crippen molar-refractivity contribution in [3.05, 3.63) is 45.8 Å². The molecule has 0 fully saturated rings. The quantitative estimate of drug-likeness (QED) is 0.493. The van der Waals surface area contributed by atoms with Crippen molar-refractivity contribution in [1.82, 2.24) is 0 Å². The van der Waals surface area contributed by atoms with Gasteiger partial charge in [-0.25, -0.2) is 0 Å². The van der Waals surface area contributed by atoms with Crippen LogP contribution in [0, 0.1) is 0 Å². The van der Waals surface area contributed by atoms with Gasteiger partial charge in [-0.05, 0) is 53.1 Å². The topological polar surface area (TPSA) is 0 Å². The number of hydrogen-bond acceptors (Lipinski definition) is 2. The van der Waals surface area contributed by atoms with Crippen molar-refractivity contribution in [2.24, 2.45) is 0 Å². The van der Waals surface area contributed by atoms with E-state index in [4.69, 9.17) is 11.6 Å². The van der Waals surface area contributed by atoms with E-state index < -0.39 is 0 Å². The van der Waals surface area contributed by atoms with E-state index in [1.165, 1.54) is 25.4 Å². The van der Waals surface area contributed by atoms with Crippen molar-refractivity contribution in [3.63, 3.8) is 0 Å². The zero-order chi connectivity index (χ0) is 13.9. The molecule has 0 unspecified atom stereocenters. The highest BCUT2D eigenvalue weighted by atomic mass is 35.5. The molecule has 0 amide bonds. The predicted molar refractivity (Wildman–Crippen MR) is 91.5 cm³/mol. The lowest BCUT2D eigenvalue weighted by molar-refractivity contribution is 0.495. The van der Waals surface area contributed by atoms with Crippen molar-refractivity contribution >= 4 is 43.7 Å². The maximum atomic E-state index is 6.28. The minimum Gasteiger partial charge on any atom is -0.143 e. The Kier molecular flexibility index (Phi) is 2.79. The molecule has 1 aliphatic rings. The van der Waals surface area contributed by atoms with E-state index in [1.807, 2.05) is 28.7 Å². The van der Waals surface area contributed by atoms with Crippen LogP contribution in [-0.4, -0.2) is 0 Å². The summed E-state index contributed by atoms with van der Waals surface area (Å²) in [7, 11) is 0. The Balaban J connectivity index is 2.16. The molecule has 3 aromatic rings. The fourth-order valence-corrected chi connectivity index (χ4v) is 6.45. The molecule has 0 saturated heterocycles. The summed E-state index contributed by atoms with van der Waals surface area (Å²) in [5.41, 5.74) is 4.56. The van der Waals surface area contributed by atoms with Crippen LogP contribution in [0.15, 0.2) is 29.6 Å². The first-order chi connectivity index (χ1) is 9.71. The fourth-order valence-electron chi connectivity index (χ4n) is 3.68. The number of rotatable bonds is 2. The smallest absolute Gasteiger partial charge is 0.0498 e. The second kappa shape index (κ2) is 4.33. The van der Waals surface area contributed by atoms with Gasteiger partial charge in [-0.3, -0.25) is 0 Å². The van der Waals surface area contributed by atoms with Gasteiger partial charge in [-0.15, -0.1) is 22.7 Å². The third kappa shape index (κ3) is 1.42. The van der Waals surface area contributed by atoms with Crippen LogP contribution < -0.4 is 0 Å². The van der Waals surface area contributed by atoms with Crippen molar-refractivity contribution in [1.29, 1.82) is 0 Å². The first-order valence-corrected chi connectivity index (χ1v) is 9.09. The molecule has 3 heteroatoms. The maximum Gasteiger partial charge on any atom is 0.0498 e. The van der Waals surface area contributed by atoms with Crippen LogP contribution in [0.1, 0.15) is 37.8 Å². The van der Waals surface area contributed by atoms with Crippen LogP contribution in [0.3, 0.4) is 0 Å². The highest BCUT2D eigenvalue weighted by Gasteiger charge is 2.43. The summed E-state index contributed by atoms with van der Waals surface area (Å²) in [5, 5.41) is 3.07. The Hall–Kier alpha value is -0.830. The minimum absolute atomic E-state index is 0.151. The van der Waals surface area contributed by atoms with Crippen molar-refractivity contribution in [2.75, 3.05) is 0 Å². The fraction of sp³-hybridized carbons (Fsp3) is 0.294. The van der Waals surface area contributed by atoms with Gasteiger partial charge in [0.05, 0.1) is 0 Å². The van der Waals surface area contributed by atoms with E-state index in [0.717, 1.165) is 17.9 Å².